The summed E-state index contributed by atoms with van der Waals surface area (Å²) in [6.45, 7) is -0.286. The topological polar surface area (TPSA) is 96.3 Å². The Morgan fingerprint density at radius 2 is 1.92 bits per heavy atom. The summed E-state index contributed by atoms with van der Waals surface area (Å²) in [5, 5.41) is 11.4. The van der Waals surface area contributed by atoms with Crippen LogP contribution in [0.3, 0.4) is 0 Å². The molecular formula is C16H13ClN2O4S. The van der Waals surface area contributed by atoms with Crippen molar-refractivity contribution in [1.82, 2.24) is 0 Å². The first-order chi connectivity index (χ1) is 11.3. The Balaban J connectivity index is 2.03. The smallest absolute Gasteiger partial charge is 0.262 e. The Morgan fingerprint density at radius 1 is 1.25 bits per heavy atom. The van der Waals surface area contributed by atoms with Gasteiger partial charge in [-0.2, -0.15) is 5.26 Å². The van der Waals surface area contributed by atoms with Gasteiger partial charge in [-0.1, -0.05) is 11.6 Å². The van der Waals surface area contributed by atoms with Gasteiger partial charge in [-0.3, -0.25) is 4.79 Å². The predicted molar refractivity (Wildman–Crippen MR) is 89.8 cm³/mol. The van der Waals surface area contributed by atoms with Crippen LogP contribution in [-0.4, -0.2) is 27.2 Å². The highest BCUT2D eigenvalue weighted by atomic mass is 35.5. The quantitative estimate of drug-likeness (QED) is 0.879. The molecule has 1 amide bonds. The van der Waals surface area contributed by atoms with Crippen LogP contribution in [-0.2, 0) is 14.6 Å². The van der Waals surface area contributed by atoms with E-state index in [4.69, 9.17) is 21.6 Å². The van der Waals surface area contributed by atoms with Gasteiger partial charge in [0, 0.05) is 6.26 Å². The average molecular weight is 365 g/mol. The van der Waals surface area contributed by atoms with Crippen molar-refractivity contribution < 1.29 is 17.9 Å². The Kier molecular flexibility index (Phi) is 5.44. The summed E-state index contributed by atoms with van der Waals surface area (Å²) in [5.41, 5.74) is 0.671. The largest absolute Gasteiger partial charge is 0.484 e. The number of carbonyl (C=O) groups is 1. The molecule has 8 heteroatoms. The lowest BCUT2D eigenvalue weighted by atomic mass is 10.2. The van der Waals surface area contributed by atoms with E-state index < -0.39 is 15.7 Å². The molecule has 0 saturated carbocycles. The van der Waals surface area contributed by atoms with Gasteiger partial charge in [-0.05, 0) is 42.5 Å². The second-order valence-corrected chi connectivity index (χ2v) is 7.31. The normalized spacial score (nSPS) is 10.7. The number of benzene rings is 2. The zero-order chi connectivity index (χ0) is 17.7. The molecule has 0 aliphatic rings. The van der Waals surface area contributed by atoms with Crippen LogP contribution in [0.2, 0.25) is 5.02 Å². The molecule has 0 heterocycles. The molecule has 0 unspecified atom stereocenters. The summed E-state index contributed by atoms with van der Waals surface area (Å²) >= 11 is 5.96. The maximum Gasteiger partial charge on any atom is 0.262 e. The van der Waals surface area contributed by atoms with Gasteiger partial charge < -0.3 is 10.1 Å². The fraction of sp³-hybridized carbons (Fsp3) is 0.125. The van der Waals surface area contributed by atoms with Gasteiger partial charge in [0.15, 0.2) is 16.4 Å². The highest BCUT2D eigenvalue weighted by Crippen LogP contribution is 2.25. The maximum absolute atomic E-state index is 11.9. The van der Waals surface area contributed by atoms with Crippen molar-refractivity contribution in [3.63, 3.8) is 0 Å². The van der Waals surface area contributed by atoms with Crippen molar-refractivity contribution in [1.29, 1.82) is 5.26 Å². The number of amides is 1. The van der Waals surface area contributed by atoms with E-state index in [1.54, 1.807) is 24.3 Å². The summed E-state index contributed by atoms with van der Waals surface area (Å²) in [6.07, 6.45) is 1.07. The Bertz CT molecular complexity index is 903. The predicted octanol–water partition coefficient (Wildman–Crippen LogP) is 2.63. The number of carbonyl (C=O) groups excluding carboxylic acids is 1. The molecule has 124 valence electrons. The molecule has 2 rings (SSSR count). The third-order valence-corrected chi connectivity index (χ3v) is 4.43. The van der Waals surface area contributed by atoms with E-state index in [1.807, 2.05) is 6.07 Å². The molecule has 0 fully saturated rings. The molecule has 24 heavy (non-hydrogen) atoms. The summed E-state index contributed by atoms with van der Waals surface area (Å²) in [4.78, 5) is 12.0. The van der Waals surface area contributed by atoms with E-state index in [-0.39, 0.29) is 22.2 Å². The minimum absolute atomic E-state index is 0.0511. The summed E-state index contributed by atoms with van der Waals surface area (Å²) in [6, 6.07) is 12.3. The lowest BCUT2D eigenvalue weighted by Crippen LogP contribution is -2.20. The van der Waals surface area contributed by atoms with Crippen LogP contribution in [0.4, 0.5) is 5.69 Å². The molecular weight excluding hydrogens is 352 g/mol. The molecule has 0 aliphatic carbocycles. The molecule has 0 radical (unpaired) electrons. The molecule has 0 spiro atoms. The number of nitriles is 1. The van der Waals surface area contributed by atoms with E-state index in [2.05, 4.69) is 5.32 Å². The van der Waals surface area contributed by atoms with Crippen LogP contribution in [0.25, 0.3) is 0 Å². The Labute approximate surface area is 144 Å². The van der Waals surface area contributed by atoms with Crippen molar-refractivity contribution in [3.8, 4) is 11.8 Å². The van der Waals surface area contributed by atoms with Gasteiger partial charge in [-0.25, -0.2) is 8.42 Å². The second kappa shape index (κ2) is 7.34. The SMILES string of the molecule is CS(=O)(=O)c1ccc(Cl)c(NC(=O)COc2ccc(C#N)cc2)c1. The van der Waals surface area contributed by atoms with Crippen LogP contribution < -0.4 is 10.1 Å². The van der Waals surface area contributed by atoms with Crippen LogP contribution in [0.1, 0.15) is 5.56 Å². The molecule has 0 aliphatic heterocycles. The molecule has 0 aromatic heterocycles. The van der Waals surface area contributed by atoms with Crippen molar-refractivity contribution in [2.45, 2.75) is 4.90 Å². The van der Waals surface area contributed by atoms with E-state index in [9.17, 15) is 13.2 Å². The van der Waals surface area contributed by atoms with Crippen LogP contribution in [0.15, 0.2) is 47.4 Å². The minimum atomic E-state index is -3.41. The van der Waals surface area contributed by atoms with Crippen LogP contribution in [0, 0.1) is 11.3 Å². The fourth-order valence-electron chi connectivity index (χ4n) is 1.79. The fourth-order valence-corrected chi connectivity index (χ4v) is 2.60. The number of ether oxygens (including phenoxy) is 1. The number of anilines is 1. The van der Waals surface area contributed by atoms with Crippen molar-refractivity contribution in [2.24, 2.45) is 0 Å². The summed E-state index contributed by atoms with van der Waals surface area (Å²) < 4.78 is 28.4. The first-order valence-corrected chi connectivity index (χ1v) is 8.99. The average Bonchev–Trinajstić information content (AvgIpc) is 2.54. The van der Waals surface area contributed by atoms with Gasteiger partial charge in [-0.15, -0.1) is 0 Å². The number of hydrogen-bond acceptors (Lipinski definition) is 5. The second-order valence-electron chi connectivity index (χ2n) is 4.89. The number of nitrogens with one attached hydrogen (secondary N) is 1. The van der Waals surface area contributed by atoms with Crippen molar-refractivity contribution in [3.05, 3.63) is 53.1 Å². The zero-order valence-electron chi connectivity index (χ0n) is 12.6. The number of hydrogen-bond donors (Lipinski definition) is 1. The standard InChI is InChI=1S/C16H13ClN2O4S/c1-24(21,22)13-6-7-14(17)15(8-13)19-16(20)10-23-12-4-2-11(9-18)3-5-12/h2-8H,10H2,1H3,(H,19,20). The summed E-state index contributed by atoms with van der Waals surface area (Å²) in [7, 11) is -3.41. The Hall–Kier alpha value is -2.56. The summed E-state index contributed by atoms with van der Waals surface area (Å²) in [5.74, 6) is -0.0629. The molecule has 2 aromatic carbocycles. The Morgan fingerprint density at radius 3 is 2.50 bits per heavy atom. The van der Waals surface area contributed by atoms with E-state index in [0.717, 1.165) is 6.26 Å². The van der Waals surface area contributed by atoms with Gasteiger partial charge in [0.1, 0.15) is 5.75 Å². The van der Waals surface area contributed by atoms with E-state index in [1.165, 1.54) is 18.2 Å². The first kappa shape index (κ1) is 17.8. The highest BCUT2D eigenvalue weighted by Gasteiger charge is 2.12. The van der Waals surface area contributed by atoms with Gasteiger partial charge in [0.25, 0.3) is 5.91 Å². The molecule has 6 nitrogen and oxygen atoms in total. The maximum atomic E-state index is 11.9. The molecule has 0 bridgehead atoms. The van der Waals surface area contributed by atoms with E-state index >= 15 is 0 Å². The van der Waals surface area contributed by atoms with Crippen molar-refractivity contribution >= 4 is 33.0 Å². The lowest BCUT2D eigenvalue weighted by molar-refractivity contribution is -0.118. The number of rotatable bonds is 5. The third-order valence-electron chi connectivity index (χ3n) is 2.99. The first-order valence-electron chi connectivity index (χ1n) is 6.72. The van der Waals surface area contributed by atoms with Gasteiger partial charge in [0.05, 0.1) is 27.2 Å². The number of nitrogens with zero attached hydrogens (tertiary/aromatic N) is 1. The molecule has 2 aromatic rings. The van der Waals surface area contributed by atoms with Gasteiger partial charge in [0.2, 0.25) is 0 Å². The molecule has 0 atom stereocenters. The minimum Gasteiger partial charge on any atom is -0.484 e. The van der Waals surface area contributed by atoms with Crippen LogP contribution in [0.5, 0.6) is 5.75 Å². The molecule has 0 saturated heterocycles. The number of halogens is 1. The molecule has 1 N–H and O–H groups in total. The van der Waals surface area contributed by atoms with E-state index in [0.29, 0.717) is 11.3 Å². The zero-order valence-corrected chi connectivity index (χ0v) is 14.2. The monoisotopic (exact) mass is 364 g/mol. The third kappa shape index (κ3) is 4.72. The van der Waals surface area contributed by atoms with Crippen molar-refractivity contribution in [2.75, 3.05) is 18.2 Å². The number of sulfone groups is 1. The highest BCUT2D eigenvalue weighted by molar-refractivity contribution is 7.90. The van der Waals surface area contributed by atoms with Crippen LogP contribution >= 0.6 is 11.6 Å². The van der Waals surface area contributed by atoms with Gasteiger partial charge >= 0.3 is 0 Å². The lowest BCUT2D eigenvalue weighted by Gasteiger charge is -2.10.